The van der Waals surface area contributed by atoms with Crippen LogP contribution in [0.4, 0.5) is 13.2 Å². The minimum Gasteiger partial charge on any atom is -0.313 e. The van der Waals surface area contributed by atoms with E-state index < -0.39 is 17.5 Å². The second kappa shape index (κ2) is 6.05. The maximum atomic E-state index is 13.6. The fraction of sp³-hybridized carbons (Fsp3) is 0.538. The standard InChI is InChI=1S/C13H18F3N/c1-4-8(2)5-13(17-3)9-6-11(15)12(16)7-10(9)14/h6-8,13,17H,4-5H2,1-3H3. The molecule has 17 heavy (non-hydrogen) atoms. The van der Waals surface area contributed by atoms with Gasteiger partial charge in [0.15, 0.2) is 11.6 Å². The summed E-state index contributed by atoms with van der Waals surface area (Å²) in [5, 5.41) is 2.94. The number of hydrogen-bond donors (Lipinski definition) is 1. The molecule has 2 atom stereocenters. The number of nitrogens with one attached hydrogen (secondary N) is 1. The van der Waals surface area contributed by atoms with Crippen molar-refractivity contribution in [3.8, 4) is 0 Å². The van der Waals surface area contributed by atoms with Crippen molar-refractivity contribution >= 4 is 0 Å². The van der Waals surface area contributed by atoms with E-state index in [2.05, 4.69) is 5.32 Å². The number of rotatable bonds is 5. The summed E-state index contributed by atoms with van der Waals surface area (Å²) in [5.74, 6) is -2.47. The van der Waals surface area contributed by atoms with E-state index in [9.17, 15) is 13.2 Å². The molecule has 0 aromatic heterocycles. The number of hydrogen-bond acceptors (Lipinski definition) is 1. The normalized spacial score (nSPS) is 14.7. The second-order valence-electron chi connectivity index (χ2n) is 4.38. The van der Waals surface area contributed by atoms with Crippen LogP contribution in [0.15, 0.2) is 12.1 Å². The molecule has 0 heterocycles. The molecule has 0 fully saturated rings. The highest BCUT2D eigenvalue weighted by Crippen LogP contribution is 2.26. The largest absolute Gasteiger partial charge is 0.313 e. The molecule has 0 bridgehead atoms. The van der Waals surface area contributed by atoms with Crippen molar-refractivity contribution in [3.05, 3.63) is 35.1 Å². The van der Waals surface area contributed by atoms with Gasteiger partial charge in [0.05, 0.1) is 0 Å². The molecular weight excluding hydrogens is 227 g/mol. The minimum atomic E-state index is -1.15. The van der Waals surface area contributed by atoms with E-state index in [0.29, 0.717) is 18.4 Å². The molecular formula is C13H18F3N. The first kappa shape index (κ1) is 14.0. The first-order valence-electron chi connectivity index (χ1n) is 5.81. The summed E-state index contributed by atoms with van der Waals surface area (Å²) >= 11 is 0. The van der Waals surface area contributed by atoms with Crippen LogP contribution < -0.4 is 5.32 Å². The third-order valence-corrected chi connectivity index (χ3v) is 3.10. The molecule has 96 valence electrons. The average Bonchev–Trinajstić information content (AvgIpc) is 2.30. The fourth-order valence-corrected chi connectivity index (χ4v) is 1.77. The summed E-state index contributed by atoms with van der Waals surface area (Å²) in [6.07, 6.45) is 1.65. The summed E-state index contributed by atoms with van der Waals surface area (Å²) in [4.78, 5) is 0. The highest BCUT2D eigenvalue weighted by Gasteiger charge is 2.19. The summed E-state index contributed by atoms with van der Waals surface area (Å²) in [5.41, 5.74) is 0.187. The Balaban J connectivity index is 2.99. The third kappa shape index (κ3) is 3.46. The van der Waals surface area contributed by atoms with Crippen LogP contribution in [-0.4, -0.2) is 7.05 Å². The molecule has 1 aromatic carbocycles. The van der Waals surface area contributed by atoms with Crippen LogP contribution in [0.5, 0.6) is 0 Å². The monoisotopic (exact) mass is 245 g/mol. The lowest BCUT2D eigenvalue weighted by Gasteiger charge is -2.20. The van der Waals surface area contributed by atoms with Gasteiger partial charge in [-0.05, 0) is 25.5 Å². The molecule has 0 amide bonds. The van der Waals surface area contributed by atoms with Gasteiger partial charge in [-0.1, -0.05) is 20.3 Å². The zero-order valence-corrected chi connectivity index (χ0v) is 10.4. The van der Waals surface area contributed by atoms with Gasteiger partial charge < -0.3 is 5.32 Å². The van der Waals surface area contributed by atoms with Crippen LogP contribution in [0.25, 0.3) is 0 Å². The molecule has 1 aromatic rings. The van der Waals surface area contributed by atoms with Crippen molar-refractivity contribution in [1.29, 1.82) is 0 Å². The minimum absolute atomic E-state index is 0.187. The van der Waals surface area contributed by atoms with E-state index in [-0.39, 0.29) is 11.6 Å². The first-order chi connectivity index (χ1) is 7.99. The SMILES string of the molecule is CCC(C)CC(NC)c1cc(F)c(F)cc1F. The van der Waals surface area contributed by atoms with Crippen molar-refractivity contribution < 1.29 is 13.2 Å². The van der Waals surface area contributed by atoms with E-state index in [1.54, 1.807) is 7.05 Å². The van der Waals surface area contributed by atoms with Crippen LogP contribution in [-0.2, 0) is 0 Å². The highest BCUT2D eigenvalue weighted by atomic mass is 19.2. The van der Waals surface area contributed by atoms with Gasteiger partial charge in [-0.15, -0.1) is 0 Å². The van der Waals surface area contributed by atoms with Gasteiger partial charge in [0.25, 0.3) is 0 Å². The summed E-state index contributed by atoms with van der Waals surface area (Å²) in [6, 6.07) is 1.25. The van der Waals surface area contributed by atoms with Crippen LogP contribution in [0.1, 0.15) is 38.3 Å². The summed E-state index contributed by atoms with van der Waals surface area (Å²) < 4.78 is 39.5. The van der Waals surface area contributed by atoms with Crippen molar-refractivity contribution in [2.24, 2.45) is 5.92 Å². The molecule has 0 aliphatic carbocycles. The Morgan fingerprint density at radius 1 is 1.12 bits per heavy atom. The van der Waals surface area contributed by atoms with Gasteiger partial charge in [0.2, 0.25) is 0 Å². The Morgan fingerprint density at radius 3 is 2.24 bits per heavy atom. The smallest absolute Gasteiger partial charge is 0.161 e. The average molecular weight is 245 g/mol. The zero-order valence-electron chi connectivity index (χ0n) is 10.4. The Kier molecular flexibility index (Phi) is 5.00. The molecule has 0 aliphatic rings. The molecule has 4 heteroatoms. The van der Waals surface area contributed by atoms with Gasteiger partial charge in [-0.2, -0.15) is 0 Å². The lowest BCUT2D eigenvalue weighted by molar-refractivity contribution is 0.404. The maximum Gasteiger partial charge on any atom is 0.161 e. The van der Waals surface area contributed by atoms with Crippen LogP contribution in [0, 0.1) is 23.4 Å². The van der Waals surface area contributed by atoms with Crippen LogP contribution >= 0.6 is 0 Å². The summed E-state index contributed by atoms with van der Waals surface area (Å²) in [6.45, 7) is 4.08. The van der Waals surface area contributed by atoms with Gasteiger partial charge in [-0.3, -0.25) is 0 Å². The molecule has 0 spiro atoms. The molecule has 1 nitrogen and oxygen atoms in total. The number of benzene rings is 1. The van der Waals surface area contributed by atoms with Crippen molar-refractivity contribution in [2.75, 3.05) is 7.05 Å². The van der Waals surface area contributed by atoms with Gasteiger partial charge in [-0.25, -0.2) is 13.2 Å². The Morgan fingerprint density at radius 2 is 1.71 bits per heavy atom. The van der Waals surface area contributed by atoms with E-state index in [1.807, 2.05) is 13.8 Å². The third-order valence-electron chi connectivity index (χ3n) is 3.10. The summed E-state index contributed by atoms with van der Waals surface area (Å²) in [7, 11) is 1.69. The molecule has 0 saturated heterocycles. The van der Waals surface area contributed by atoms with Gasteiger partial charge in [0, 0.05) is 17.7 Å². The van der Waals surface area contributed by atoms with E-state index in [1.165, 1.54) is 0 Å². The van der Waals surface area contributed by atoms with Crippen molar-refractivity contribution in [1.82, 2.24) is 5.32 Å². The van der Waals surface area contributed by atoms with E-state index in [0.717, 1.165) is 12.5 Å². The van der Waals surface area contributed by atoms with E-state index >= 15 is 0 Å². The fourth-order valence-electron chi connectivity index (χ4n) is 1.77. The van der Waals surface area contributed by atoms with Crippen LogP contribution in [0.2, 0.25) is 0 Å². The maximum absolute atomic E-state index is 13.6. The molecule has 0 radical (unpaired) electrons. The second-order valence-corrected chi connectivity index (χ2v) is 4.38. The molecule has 0 saturated carbocycles. The van der Waals surface area contributed by atoms with E-state index in [4.69, 9.17) is 0 Å². The Bertz CT molecular complexity index is 379. The molecule has 2 unspecified atom stereocenters. The molecule has 1 rings (SSSR count). The van der Waals surface area contributed by atoms with Crippen molar-refractivity contribution in [3.63, 3.8) is 0 Å². The Hall–Kier alpha value is -1.03. The highest BCUT2D eigenvalue weighted by molar-refractivity contribution is 5.23. The first-order valence-corrected chi connectivity index (χ1v) is 5.81. The van der Waals surface area contributed by atoms with Gasteiger partial charge in [0.1, 0.15) is 5.82 Å². The Labute approximate surface area is 100 Å². The predicted molar refractivity (Wildman–Crippen MR) is 62.2 cm³/mol. The topological polar surface area (TPSA) is 12.0 Å². The zero-order chi connectivity index (χ0) is 13.0. The van der Waals surface area contributed by atoms with Crippen molar-refractivity contribution in [2.45, 2.75) is 32.7 Å². The number of halogens is 3. The molecule has 0 aliphatic heterocycles. The molecule has 1 N–H and O–H groups in total. The lowest BCUT2D eigenvalue weighted by Crippen LogP contribution is -2.20. The quantitative estimate of drug-likeness (QED) is 0.778. The van der Waals surface area contributed by atoms with Gasteiger partial charge >= 0.3 is 0 Å². The predicted octanol–water partition coefficient (Wildman–Crippen LogP) is 3.80. The lowest BCUT2D eigenvalue weighted by atomic mass is 9.94. The van der Waals surface area contributed by atoms with Crippen LogP contribution in [0.3, 0.4) is 0 Å².